The zero-order chi connectivity index (χ0) is 9.56. The van der Waals surface area contributed by atoms with Crippen molar-refractivity contribution in [3.63, 3.8) is 0 Å². The van der Waals surface area contributed by atoms with Crippen molar-refractivity contribution in [2.24, 2.45) is 0 Å². The molecule has 0 aromatic rings. The van der Waals surface area contributed by atoms with Gasteiger partial charge in [-0.05, 0) is 20.8 Å². The Kier molecular flexibility index (Phi) is 5.80. The van der Waals surface area contributed by atoms with Crippen LogP contribution in [0.2, 0.25) is 0 Å². The van der Waals surface area contributed by atoms with Crippen LogP contribution in [0.25, 0.3) is 0 Å². The van der Waals surface area contributed by atoms with Gasteiger partial charge in [-0.2, -0.15) is 0 Å². The van der Waals surface area contributed by atoms with E-state index in [0.717, 1.165) is 0 Å². The van der Waals surface area contributed by atoms with Gasteiger partial charge in [-0.1, -0.05) is 0 Å². The maximum atomic E-state index is 10.8. The fourth-order valence-electron chi connectivity index (χ4n) is 0.513. The minimum absolute atomic E-state index is 0.0873. The number of carbonyl (C=O) groups excluding carboxylic acids is 2. The predicted octanol–water partition coefficient (Wildman–Crippen LogP) is 1.26. The fourth-order valence-corrected chi connectivity index (χ4v) is 1.22. The van der Waals surface area contributed by atoms with Crippen molar-refractivity contribution < 1.29 is 14.3 Å². The molecule has 0 radical (unpaired) electrons. The SMILES string of the molecule is CCOC(=O)CSC(C)C(C)=O. The van der Waals surface area contributed by atoms with Crippen LogP contribution in [0.4, 0.5) is 0 Å². The summed E-state index contributed by atoms with van der Waals surface area (Å²) >= 11 is 1.31. The molecule has 0 aliphatic carbocycles. The second-order valence-corrected chi connectivity index (χ2v) is 3.70. The minimum atomic E-state index is -0.254. The third kappa shape index (κ3) is 5.18. The Balaban J connectivity index is 3.54. The average molecular weight is 190 g/mol. The first kappa shape index (κ1) is 11.5. The van der Waals surface area contributed by atoms with Crippen LogP contribution in [0.15, 0.2) is 0 Å². The summed E-state index contributed by atoms with van der Waals surface area (Å²) in [4.78, 5) is 21.6. The highest BCUT2D eigenvalue weighted by molar-refractivity contribution is 8.01. The summed E-state index contributed by atoms with van der Waals surface area (Å²) in [5, 5.41) is -0.116. The zero-order valence-corrected chi connectivity index (χ0v) is 8.44. The molecule has 4 heteroatoms. The van der Waals surface area contributed by atoms with Crippen LogP contribution in [0.3, 0.4) is 0 Å². The molecule has 0 saturated heterocycles. The molecule has 3 nitrogen and oxygen atoms in total. The van der Waals surface area contributed by atoms with Crippen molar-refractivity contribution in [3.8, 4) is 0 Å². The maximum absolute atomic E-state index is 10.8. The van der Waals surface area contributed by atoms with E-state index in [0.29, 0.717) is 6.61 Å². The molecule has 0 rings (SSSR count). The Morgan fingerprint density at radius 3 is 2.50 bits per heavy atom. The summed E-state index contributed by atoms with van der Waals surface area (Å²) < 4.78 is 4.70. The van der Waals surface area contributed by atoms with Crippen LogP contribution in [-0.4, -0.2) is 29.4 Å². The monoisotopic (exact) mass is 190 g/mol. The first-order valence-electron chi connectivity index (χ1n) is 3.85. The van der Waals surface area contributed by atoms with E-state index in [1.54, 1.807) is 13.8 Å². The molecule has 1 unspecified atom stereocenters. The van der Waals surface area contributed by atoms with Gasteiger partial charge in [0, 0.05) is 0 Å². The Morgan fingerprint density at radius 2 is 2.08 bits per heavy atom. The quantitative estimate of drug-likeness (QED) is 0.612. The smallest absolute Gasteiger partial charge is 0.315 e. The lowest BCUT2D eigenvalue weighted by Crippen LogP contribution is -2.14. The van der Waals surface area contributed by atoms with Gasteiger partial charge in [0.1, 0.15) is 5.78 Å². The molecule has 0 bridgehead atoms. The van der Waals surface area contributed by atoms with E-state index in [9.17, 15) is 9.59 Å². The first-order valence-corrected chi connectivity index (χ1v) is 4.90. The lowest BCUT2D eigenvalue weighted by molar-refractivity contribution is -0.139. The Morgan fingerprint density at radius 1 is 1.50 bits per heavy atom. The molecule has 0 amide bonds. The second kappa shape index (κ2) is 6.06. The predicted molar refractivity (Wildman–Crippen MR) is 49.2 cm³/mol. The molecule has 0 aliphatic rings. The van der Waals surface area contributed by atoms with Crippen LogP contribution < -0.4 is 0 Å². The summed E-state index contributed by atoms with van der Waals surface area (Å²) in [6, 6.07) is 0. The normalized spacial score (nSPS) is 12.2. The molecule has 12 heavy (non-hydrogen) atoms. The number of thioether (sulfide) groups is 1. The number of ether oxygens (including phenoxy) is 1. The number of rotatable bonds is 5. The van der Waals surface area contributed by atoms with Crippen molar-refractivity contribution in [1.29, 1.82) is 0 Å². The average Bonchev–Trinajstić information content (AvgIpc) is 2.00. The maximum Gasteiger partial charge on any atom is 0.315 e. The van der Waals surface area contributed by atoms with Gasteiger partial charge >= 0.3 is 5.97 Å². The molecule has 0 aromatic heterocycles. The zero-order valence-electron chi connectivity index (χ0n) is 7.62. The van der Waals surface area contributed by atoms with Crippen LogP contribution in [-0.2, 0) is 14.3 Å². The van der Waals surface area contributed by atoms with Crippen molar-refractivity contribution in [2.75, 3.05) is 12.4 Å². The van der Waals surface area contributed by atoms with Gasteiger partial charge in [-0.25, -0.2) is 0 Å². The highest BCUT2D eigenvalue weighted by atomic mass is 32.2. The first-order chi connectivity index (χ1) is 5.57. The van der Waals surface area contributed by atoms with Crippen molar-refractivity contribution in [3.05, 3.63) is 0 Å². The lowest BCUT2D eigenvalue weighted by Gasteiger charge is -2.05. The third-order valence-electron chi connectivity index (χ3n) is 1.33. The number of hydrogen-bond acceptors (Lipinski definition) is 4. The van der Waals surface area contributed by atoms with Crippen LogP contribution in [0.1, 0.15) is 20.8 Å². The van der Waals surface area contributed by atoms with E-state index >= 15 is 0 Å². The van der Waals surface area contributed by atoms with E-state index < -0.39 is 0 Å². The topological polar surface area (TPSA) is 43.4 Å². The van der Waals surface area contributed by atoms with Crippen LogP contribution in [0.5, 0.6) is 0 Å². The highest BCUT2D eigenvalue weighted by Gasteiger charge is 2.10. The molecule has 0 fully saturated rings. The molecule has 0 saturated carbocycles. The number of esters is 1. The Bertz CT molecular complexity index is 168. The molecule has 0 aromatic carbocycles. The number of Topliss-reactive ketones (excluding diaryl/α,β-unsaturated/α-hetero) is 1. The Hall–Kier alpha value is -0.510. The highest BCUT2D eigenvalue weighted by Crippen LogP contribution is 2.10. The van der Waals surface area contributed by atoms with E-state index in [2.05, 4.69) is 0 Å². The number of hydrogen-bond donors (Lipinski definition) is 0. The van der Waals surface area contributed by atoms with Crippen LogP contribution >= 0.6 is 11.8 Å². The summed E-state index contributed by atoms with van der Waals surface area (Å²) in [7, 11) is 0. The van der Waals surface area contributed by atoms with Gasteiger partial charge in [-0.15, -0.1) is 11.8 Å². The van der Waals surface area contributed by atoms with Crippen molar-refractivity contribution >= 4 is 23.5 Å². The lowest BCUT2D eigenvalue weighted by atomic mass is 10.3. The van der Waals surface area contributed by atoms with Gasteiger partial charge in [0.15, 0.2) is 0 Å². The van der Waals surface area contributed by atoms with Gasteiger partial charge in [-0.3, -0.25) is 9.59 Å². The van der Waals surface area contributed by atoms with Crippen molar-refractivity contribution in [2.45, 2.75) is 26.0 Å². The van der Waals surface area contributed by atoms with E-state index in [-0.39, 0.29) is 22.8 Å². The van der Waals surface area contributed by atoms with Gasteiger partial charge < -0.3 is 4.74 Å². The summed E-state index contributed by atoms with van der Waals surface area (Å²) in [5.74, 6) is 0.0918. The summed E-state index contributed by atoms with van der Waals surface area (Å²) in [6.45, 7) is 5.46. The molecule has 0 spiro atoms. The van der Waals surface area contributed by atoms with Crippen LogP contribution in [0, 0.1) is 0 Å². The summed E-state index contributed by atoms with van der Waals surface area (Å²) in [6.07, 6.45) is 0. The van der Waals surface area contributed by atoms with Gasteiger partial charge in [0.05, 0.1) is 17.6 Å². The molecule has 0 heterocycles. The fraction of sp³-hybridized carbons (Fsp3) is 0.750. The third-order valence-corrected chi connectivity index (χ3v) is 2.56. The van der Waals surface area contributed by atoms with E-state index in [1.807, 2.05) is 0 Å². The van der Waals surface area contributed by atoms with Crippen molar-refractivity contribution in [1.82, 2.24) is 0 Å². The number of ketones is 1. The Labute approximate surface area is 76.9 Å². The van der Waals surface area contributed by atoms with E-state index in [1.165, 1.54) is 18.7 Å². The van der Waals surface area contributed by atoms with E-state index in [4.69, 9.17) is 4.74 Å². The second-order valence-electron chi connectivity index (χ2n) is 2.37. The molecule has 70 valence electrons. The standard InChI is InChI=1S/C8H14O3S/c1-4-11-8(10)5-12-7(3)6(2)9/h7H,4-5H2,1-3H3. The molecule has 1 atom stereocenters. The molecule has 0 aliphatic heterocycles. The molecular formula is C8H14O3S. The number of carbonyl (C=O) groups is 2. The summed E-state index contributed by atoms with van der Waals surface area (Å²) in [5.41, 5.74) is 0. The largest absolute Gasteiger partial charge is 0.465 e. The van der Waals surface area contributed by atoms with Gasteiger partial charge in [0.2, 0.25) is 0 Å². The molecular weight excluding hydrogens is 176 g/mol. The molecule has 0 N–H and O–H groups in total. The van der Waals surface area contributed by atoms with Gasteiger partial charge in [0.25, 0.3) is 0 Å². The minimum Gasteiger partial charge on any atom is -0.465 e.